The van der Waals surface area contributed by atoms with E-state index in [0.717, 1.165) is 25.3 Å². The van der Waals surface area contributed by atoms with Crippen molar-refractivity contribution in [3.05, 3.63) is 35.9 Å². The molecule has 3 heteroatoms. The Hall–Kier alpha value is -1.77. The molecule has 90 valence electrons. The highest BCUT2D eigenvalue weighted by atomic mass is 16.5. The second-order valence-electron chi connectivity index (χ2n) is 4.17. The second kappa shape index (κ2) is 5.04. The van der Waals surface area contributed by atoms with E-state index in [1.54, 1.807) is 14.0 Å². The summed E-state index contributed by atoms with van der Waals surface area (Å²) >= 11 is 0. The van der Waals surface area contributed by atoms with Gasteiger partial charge >= 0.3 is 0 Å². The molecule has 17 heavy (non-hydrogen) atoms. The Labute approximate surface area is 102 Å². The minimum Gasteiger partial charge on any atom is -0.497 e. The third kappa shape index (κ3) is 2.67. The molecule has 1 aliphatic rings. The number of hydrogen-bond acceptors (Lipinski definition) is 2. The standard InChI is InChI=1S/C14H17NO2/c1-11(16)15-9-7-13(8-10-15)12-3-5-14(17-2)6-4-12/h3-7H,8-10H2,1-2H3. The highest BCUT2D eigenvalue weighted by Gasteiger charge is 2.14. The van der Waals surface area contributed by atoms with Gasteiger partial charge < -0.3 is 9.64 Å². The van der Waals surface area contributed by atoms with Crippen LogP contribution in [0.2, 0.25) is 0 Å². The van der Waals surface area contributed by atoms with Gasteiger partial charge in [-0.2, -0.15) is 0 Å². The molecule has 1 aromatic rings. The normalized spacial score (nSPS) is 15.4. The Morgan fingerprint density at radius 2 is 2.00 bits per heavy atom. The number of methoxy groups -OCH3 is 1. The second-order valence-corrected chi connectivity index (χ2v) is 4.17. The van der Waals surface area contributed by atoms with Gasteiger partial charge in [0.05, 0.1) is 7.11 Å². The Morgan fingerprint density at radius 1 is 1.29 bits per heavy atom. The van der Waals surface area contributed by atoms with Crippen LogP contribution in [0.5, 0.6) is 5.75 Å². The summed E-state index contributed by atoms with van der Waals surface area (Å²) in [5.41, 5.74) is 2.53. The zero-order valence-corrected chi connectivity index (χ0v) is 10.3. The molecule has 1 heterocycles. The topological polar surface area (TPSA) is 29.5 Å². The number of ether oxygens (including phenoxy) is 1. The van der Waals surface area contributed by atoms with Gasteiger partial charge in [-0.05, 0) is 29.7 Å². The number of carbonyl (C=O) groups is 1. The van der Waals surface area contributed by atoms with E-state index < -0.39 is 0 Å². The van der Waals surface area contributed by atoms with Gasteiger partial charge in [0, 0.05) is 20.0 Å². The number of amides is 1. The predicted octanol–water partition coefficient (Wildman–Crippen LogP) is 2.33. The largest absolute Gasteiger partial charge is 0.497 e. The van der Waals surface area contributed by atoms with E-state index in [4.69, 9.17) is 4.74 Å². The van der Waals surface area contributed by atoms with Crippen LogP contribution in [0.3, 0.4) is 0 Å². The van der Waals surface area contributed by atoms with Crippen LogP contribution in [0.4, 0.5) is 0 Å². The number of benzene rings is 1. The lowest BCUT2D eigenvalue weighted by molar-refractivity contribution is -0.128. The molecule has 0 aliphatic carbocycles. The highest BCUT2D eigenvalue weighted by Crippen LogP contribution is 2.24. The molecule has 0 N–H and O–H groups in total. The zero-order chi connectivity index (χ0) is 12.3. The van der Waals surface area contributed by atoms with E-state index >= 15 is 0 Å². The summed E-state index contributed by atoms with van der Waals surface area (Å²) in [5, 5.41) is 0. The van der Waals surface area contributed by atoms with Gasteiger partial charge in [0.1, 0.15) is 5.75 Å². The van der Waals surface area contributed by atoms with Gasteiger partial charge in [-0.1, -0.05) is 18.2 Å². The molecule has 1 aliphatic heterocycles. The molecule has 2 rings (SSSR count). The lowest BCUT2D eigenvalue weighted by Crippen LogP contribution is -2.32. The molecular weight excluding hydrogens is 214 g/mol. The summed E-state index contributed by atoms with van der Waals surface area (Å²) in [7, 11) is 1.67. The summed E-state index contributed by atoms with van der Waals surface area (Å²) in [4.78, 5) is 13.1. The van der Waals surface area contributed by atoms with E-state index in [2.05, 4.69) is 18.2 Å². The van der Waals surface area contributed by atoms with Gasteiger partial charge in [0.25, 0.3) is 0 Å². The van der Waals surface area contributed by atoms with E-state index in [1.807, 2.05) is 17.0 Å². The van der Waals surface area contributed by atoms with Crippen molar-refractivity contribution < 1.29 is 9.53 Å². The third-order valence-electron chi connectivity index (χ3n) is 3.12. The molecule has 0 saturated carbocycles. The molecule has 0 atom stereocenters. The number of nitrogens with zero attached hydrogens (tertiary/aromatic N) is 1. The number of rotatable bonds is 2. The zero-order valence-electron chi connectivity index (χ0n) is 10.3. The van der Waals surface area contributed by atoms with E-state index in [1.165, 1.54) is 11.1 Å². The molecule has 1 amide bonds. The van der Waals surface area contributed by atoms with Crippen LogP contribution in [0.15, 0.2) is 30.3 Å². The maximum atomic E-state index is 11.2. The van der Waals surface area contributed by atoms with Crippen LogP contribution in [0.1, 0.15) is 18.9 Å². The quantitative estimate of drug-likeness (QED) is 0.781. The van der Waals surface area contributed by atoms with Crippen molar-refractivity contribution in [3.8, 4) is 5.75 Å². The van der Waals surface area contributed by atoms with Crippen molar-refractivity contribution in [2.75, 3.05) is 20.2 Å². The maximum Gasteiger partial charge on any atom is 0.219 e. The van der Waals surface area contributed by atoms with E-state index in [-0.39, 0.29) is 5.91 Å². The summed E-state index contributed by atoms with van der Waals surface area (Å²) in [6.45, 7) is 3.15. The molecule has 0 unspecified atom stereocenters. The van der Waals surface area contributed by atoms with Gasteiger partial charge in [-0.25, -0.2) is 0 Å². The summed E-state index contributed by atoms with van der Waals surface area (Å²) in [6.07, 6.45) is 3.05. The van der Waals surface area contributed by atoms with Crippen LogP contribution in [-0.4, -0.2) is 31.0 Å². The fourth-order valence-corrected chi connectivity index (χ4v) is 2.02. The average molecular weight is 231 g/mol. The van der Waals surface area contributed by atoms with Gasteiger partial charge in [-0.3, -0.25) is 4.79 Å². The molecule has 0 fully saturated rings. The molecule has 0 spiro atoms. The maximum absolute atomic E-state index is 11.2. The van der Waals surface area contributed by atoms with E-state index in [9.17, 15) is 4.79 Å². The molecular formula is C14H17NO2. The van der Waals surface area contributed by atoms with Crippen molar-refractivity contribution in [2.45, 2.75) is 13.3 Å². The van der Waals surface area contributed by atoms with Crippen LogP contribution < -0.4 is 4.74 Å². The third-order valence-corrected chi connectivity index (χ3v) is 3.12. The summed E-state index contributed by atoms with van der Waals surface area (Å²) in [6, 6.07) is 8.06. The number of hydrogen-bond donors (Lipinski definition) is 0. The van der Waals surface area contributed by atoms with Crippen molar-refractivity contribution >= 4 is 11.5 Å². The first kappa shape index (κ1) is 11.7. The average Bonchev–Trinajstić information content (AvgIpc) is 2.39. The SMILES string of the molecule is COc1ccc(C2=CCN(C(C)=O)CC2)cc1. The summed E-state index contributed by atoms with van der Waals surface area (Å²) in [5.74, 6) is 1.02. The molecule has 0 aromatic heterocycles. The minimum absolute atomic E-state index is 0.148. The van der Waals surface area contributed by atoms with Crippen LogP contribution in [-0.2, 0) is 4.79 Å². The Morgan fingerprint density at radius 3 is 2.47 bits per heavy atom. The Bertz CT molecular complexity index is 434. The van der Waals surface area contributed by atoms with Gasteiger partial charge in [0.2, 0.25) is 5.91 Å². The molecule has 1 aromatic carbocycles. The molecule has 3 nitrogen and oxygen atoms in total. The fourth-order valence-electron chi connectivity index (χ4n) is 2.02. The van der Waals surface area contributed by atoms with Crippen molar-refractivity contribution in [1.29, 1.82) is 0 Å². The first-order valence-corrected chi connectivity index (χ1v) is 5.79. The minimum atomic E-state index is 0.148. The van der Waals surface area contributed by atoms with Crippen molar-refractivity contribution in [1.82, 2.24) is 4.90 Å². The van der Waals surface area contributed by atoms with Crippen LogP contribution >= 0.6 is 0 Å². The Kier molecular flexibility index (Phi) is 3.47. The molecule has 0 saturated heterocycles. The monoisotopic (exact) mass is 231 g/mol. The predicted molar refractivity (Wildman–Crippen MR) is 67.8 cm³/mol. The van der Waals surface area contributed by atoms with E-state index in [0.29, 0.717) is 0 Å². The van der Waals surface area contributed by atoms with Gasteiger partial charge in [0.15, 0.2) is 0 Å². The van der Waals surface area contributed by atoms with Crippen LogP contribution in [0, 0.1) is 0 Å². The Balaban J connectivity index is 2.10. The first-order chi connectivity index (χ1) is 8.20. The van der Waals surface area contributed by atoms with Crippen molar-refractivity contribution in [2.24, 2.45) is 0 Å². The van der Waals surface area contributed by atoms with Gasteiger partial charge in [-0.15, -0.1) is 0 Å². The first-order valence-electron chi connectivity index (χ1n) is 5.79. The number of carbonyl (C=O) groups excluding carboxylic acids is 1. The highest BCUT2D eigenvalue weighted by molar-refractivity contribution is 5.76. The van der Waals surface area contributed by atoms with Crippen LogP contribution in [0.25, 0.3) is 5.57 Å². The van der Waals surface area contributed by atoms with Crippen molar-refractivity contribution in [3.63, 3.8) is 0 Å². The summed E-state index contributed by atoms with van der Waals surface area (Å²) < 4.78 is 5.13. The lowest BCUT2D eigenvalue weighted by atomic mass is 9.99. The smallest absolute Gasteiger partial charge is 0.219 e. The molecule has 0 bridgehead atoms. The lowest BCUT2D eigenvalue weighted by Gasteiger charge is -2.25. The molecule has 0 radical (unpaired) electrons. The fraction of sp³-hybridized carbons (Fsp3) is 0.357.